The van der Waals surface area contributed by atoms with E-state index in [-0.39, 0.29) is 17.6 Å². The third-order valence-electron chi connectivity index (χ3n) is 4.44. The van der Waals surface area contributed by atoms with Crippen molar-refractivity contribution in [2.75, 3.05) is 11.9 Å². The van der Waals surface area contributed by atoms with Crippen LogP contribution >= 0.6 is 0 Å². The third-order valence-corrected chi connectivity index (χ3v) is 4.44. The Morgan fingerprint density at radius 2 is 1.96 bits per heavy atom. The molecule has 1 aliphatic rings. The van der Waals surface area contributed by atoms with Crippen molar-refractivity contribution in [3.63, 3.8) is 0 Å². The van der Waals surface area contributed by atoms with Crippen molar-refractivity contribution in [2.45, 2.75) is 32.0 Å². The molecule has 3 rings (SSSR count). The second-order valence-corrected chi connectivity index (χ2v) is 6.24. The quantitative estimate of drug-likeness (QED) is 0.819. The van der Waals surface area contributed by atoms with Gasteiger partial charge in [-0.1, -0.05) is 36.4 Å². The first kappa shape index (κ1) is 17.3. The Balaban J connectivity index is 1.72. The molecule has 6 heteroatoms. The first-order valence-electron chi connectivity index (χ1n) is 8.14. The second-order valence-electron chi connectivity index (χ2n) is 6.24. The first-order chi connectivity index (χ1) is 11.8. The van der Waals surface area contributed by atoms with Gasteiger partial charge in [0.05, 0.1) is 12.5 Å². The normalized spacial score (nSPS) is 17.1. The van der Waals surface area contributed by atoms with Crippen molar-refractivity contribution in [2.24, 2.45) is 0 Å². The van der Waals surface area contributed by atoms with E-state index < -0.39 is 12.6 Å². The lowest BCUT2D eigenvalue weighted by molar-refractivity contribution is -0.127. The van der Waals surface area contributed by atoms with Gasteiger partial charge >= 0.3 is 12.2 Å². The third kappa shape index (κ3) is 4.13. The van der Waals surface area contributed by atoms with Crippen LogP contribution < -0.4 is 5.32 Å². The van der Waals surface area contributed by atoms with Crippen molar-refractivity contribution in [1.29, 1.82) is 0 Å². The average Bonchev–Trinajstić information content (AvgIpc) is 2.54. The van der Waals surface area contributed by atoms with Crippen LogP contribution in [0.3, 0.4) is 0 Å². The van der Waals surface area contributed by atoms with E-state index in [2.05, 4.69) is 11.4 Å². The summed E-state index contributed by atoms with van der Waals surface area (Å²) >= 11 is 0. The fourth-order valence-electron chi connectivity index (χ4n) is 3.24. The van der Waals surface area contributed by atoms with Gasteiger partial charge in [-0.05, 0) is 42.2 Å². The molecule has 1 heterocycles. The Hall–Kier alpha value is -2.50. The number of amides is 2. The number of fused-ring (bicyclic) bond motifs is 1. The van der Waals surface area contributed by atoms with Crippen molar-refractivity contribution in [3.8, 4) is 0 Å². The van der Waals surface area contributed by atoms with E-state index in [1.165, 1.54) is 23.8 Å². The molecular weight excluding hydrogens is 329 g/mol. The van der Waals surface area contributed by atoms with Crippen molar-refractivity contribution < 1.29 is 18.0 Å². The van der Waals surface area contributed by atoms with Gasteiger partial charge in [-0.2, -0.15) is 13.2 Å². The minimum absolute atomic E-state index is 0.0803. The molecule has 132 valence electrons. The standard InChI is InChI=1S/C19H19F3N2O/c1-13-17-8-3-2-6-15(17)9-10-24(13)18(25)23-16-7-4-5-14(11-16)12-19(20,21)22/h2-8,11,13H,9-10,12H2,1H3,(H,23,25). The highest BCUT2D eigenvalue weighted by Crippen LogP contribution is 2.30. The van der Waals surface area contributed by atoms with Crippen molar-refractivity contribution in [3.05, 3.63) is 65.2 Å². The molecule has 2 amide bonds. The number of nitrogens with zero attached hydrogens (tertiary/aromatic N) is 1. The maximum Gasteiger partial charge on any atom is 0.393 e. The van der Waals surface area contributed by atoms with Crippen LogP contribution in [0.15, 0.2) is 48.5 Å². The van der Waals surface area contributed by atoms with Gasteiger partial charge in [0.2, 0.25) is 0 Å². The summed E-state index contributed by atoms with van der Waals surface area (Å²) in [6.07, 6.45) is -4.51. The molecular formula is C19H19F3N2O. The molecule has 0 bridgehead atoms. The Kier molecular flexibility index (Phi) is 4.70. The maximum absolute atomic E-state index is 12.6. The minimum Gasteiger partial charge on any atom is -0.317 e. The summed E-state index contributed by atoms with van der Waals surface area (Å²) in [7, 11) is 0. The van der Waals surface area contributed by atoms with Gasteiger partial charge < -0.3 is 10.2 Å². The minimum atomic E-state index is -4.27. The molecule has 0 saturated heterocycles. The summed E-state index contributed by atoms with van der Waals surface area (Å²) in [6, 6.07) is 13.5. The fourth-order valence-corrected chi connectivity index (χ4v) is 3.24. The molecule has 1 N–H and O–H groups in total. The molecule has 1 aliphatic heterocycles. The predicted octanol–water partition coefficient (Wildman–Crippen LogP) is 4.94. The number of carbonyl (C=O) groups excluding carboxylic acids is 1. The highest BCUT2D eigenvalue weighted by atomic mass is 19.4. The number of benzene rings is 2. The van der Waals surface area contributed by atoms with Crippen LogP contribution in [0.5, 0.6) is 0 Å². The predicted molar refractivity (Wildman–Crippen MR) is 90.5 cm³/mol. The molecule has 0 aliphatic carbocycles. The summed E-state index contributed by atoms with van der Waals surface area (Å²) in [4.78, 5) is 14.3. The molecule has 0 spiro atoms. The summed E-state index contributed by atoms with van der Waals surface area (Å²) < 4.78 is 37.6. The van der Waals surface area contributed by atoms with E-state index in [1.807, 2.05) is 25.1 Å². The smallest absolute Gasteiger partial charge is 0.317 e. The summed E-state index contributed by atoms with van der Waals surface area (Å²) in [5.41, 5.74) is 2.83. The van der Waals surface area contributed by atoms with Crippen LogP contribution in [0.1, 0.15) is 29.7 Å². The van der Waals surface area contributed by atoms with Crippen molar-refractivity contribution >= 4 is 11.7 Å². The molecule has 1 unspecified atom stereocenters. The van der Waals surface area contributed by atoms with E-state index in [0.29, 0.717) is 12.2 Å². The van der Waals surface area contributed by atoms with Crippen LogP contribution in [0.2, 0.25) is 0 Å². The number of urea groups is 1. The van der Waals surface area contributed by atoms with Gasteiger partial charge in [0.1, 0.15) is 0 Å². The lowest BCUT2D eigenvalue weighted by atomic mass is 9.94. The number of nitrogens with one attached hydrogen (secondary N) is 1. The SMILES string of the molecule is CC1c2ccccc2CCN1C(=O)Nc1cccc(CC(F)(F)F)c1. The Labute approximate surface area is 144 Å². The highest BCUT2D eigenvalue weighted by Gasteiger charge is 2.29. The monoisotopic (exact) mass is 348 g/mol. The fraction of sp³-hybridized carbons (Fsp3) is 0.316. The molecule has 0 saturated carbocycles. The molecule has 25 heavy (non-hydrogen) atoms. The van der Waals surface area contributed by atoms with E-state index >= 15 is 0 Å². The largest absolute Gasteiger partial charge is 0.393 e. The summed E-state index contributed by atoms with van der Waals surface area (Å²) in [5.74, 6) is 0. The number of anilines is 1. The lowest BCUT2D eigenvalue weighted by Crippen LogP contribution is -2.41. The van der Waals surface area contributed by atoms with Crippen LogP contribution in [-0.4, -0.2) is 23.7 Å². The Morgan fingerprint density at radius 3 is 2.72 bits per heavy atom. The zero-order chi connectivity index (χ0) is 18.0. The van der Waals surface area contributed by atoms with E-state index in [4.69, 9.17) is 0 Å². The zero-order valence-corrected chi connectivity index (χ0v) is 13.8. The zero-order valence-electron chi connectivity index (χ0n) is 13.8. The maximum atomic E-state index is 12.6. The van der Waals surface area contributed by atoms with E-state index in [1.54, 1.807) is 11.0 Å². The highest BCUT2D eigenvalue weighted by molar-refractivity contribution is 5.90. The molecule has 3 nitrogen and oxygen atoms in total. The Morgan fingerprint density at radius 1 is 1.20 bits per heavy atom. The first-order valence-corrected chi connectivity index (χ1v) is 8.14. The molecule has 1 atom stereocenters. The summed E-state index contributed by atoms with van der Waals surface area (Å²) in [6.45, 7) is 2.53. The molecule has 0 aromatic heterocycles. The lowest BCUT2D eigenvalue weighted by Gasteiger charge is -2.35. The average molecular weight is 348 g/mol. The van der Waals surface area contributed by atoms with E-state index in [9.17, 15) is 18.0 Å². The molecule has 2 aromatic rings. The number of carbonyl (C=O) groups is 1. The Bertz CT molecular complexity index is 773. The number of alkyl halides is 3. The van der Waals surface area contributed by atoms with Crippen molar-refractivity contribution in [1.82, 2.24) is 4.90 Å². The number of hydrogen-bond acceptors (Lipinski definition) is 1. The van der Waals surface area contributed by atoms with Crippen LogP contribution in [-0.2, 0) is 12.8 Å². The van der Waals surface area contributed by atoms with Crippen LogP contribution in [0.4, 0.5) is 23.7 Å². The van der Waals surface area contributed by atoms with Gasteiger partial charge in [-0.25, -0.2) is 4.79 Å². The van der Waals surface area contributed by atoms with E-state index in [0.717, 1.165) is 12.0 Å². The van der Waals surface area contributed by atoms with Crippen LogP contribution in [0, 0.1) is 0 Å². The van der Waals surface area contributed by atoms with Gasteiger partial charge in [-0.3, -0.25) is 0 Å². The number of rotatable bonds is 2. The van der Waals surface area contributed by atoms with Gasteiger partial charge in [0.25, 0.3) is 0 Å². The number of hydrogen-bond donors (Lipinski definition) is 1. The van der Waals surface area contributed by atoms with Crippen LogP contribution in [0.25, 0.3) is 0 Å². The second kappa shape index (κ2) is 6.78. The molecule has 0 fully saturated rings. The van der Waals surface area contributed by atoms with Gasteiger partial charge in [0, 0.05) is 12.2 Å². The molecule has 0 radical (unpaired) electrons. The topological polar surface area (TPSA) is 32.3 Å². The van der Waals surface area contributed by atoms with Gasteiger partial charge in [-0.15, -0.1) is 0 Å². The molecule has 2 aromatic carbocycles. The number of halogens is 3. The van der Waals surface area contributed by atoms with Gasteiger partial charge in [0.15, 0.2) is 0 Å². The summed E-state index contributed by atoms with van der Waals surface area (Å²) in [5, 5.41) is 2.72.